The van der Waals surface area contributed by atoms with Gasteiger partial charge in [-0.2, -0.15) is 0 Å². The molecule has 0 radical (unpaired) electrons. The fraction of sp³-hybridized carbons (Fsp3) is 0.500. The predicted molar refractivity (Wildman–Crippen MR) is 104 cm³/mol. The molecular weight excluding hydrogens is 344 g/mol. The van der Waals surface area contributed by atoms with E-state index in [2.05, 4.69) is 34.6 Å². The average molecular weight is 372 g/mol. The average Bonchev–Trinajstić information content (AvgIpc) is 2.95. The Hall–Kier alpha value is -2.70. The van der Waals surface area contributed by atoms with Crippen molar-refractivity contribution >= 4 is 5.96 Å². The van der Waals surface area contributed by atoms with Gasteiger partial charge < -0.3 is 24.6 Å². The third kappa shape index (κ3) is 4.72. The first-order valence-electron chi connectivity index (χ1n) is 9.54. The van der Waals surface area contributed by atoms with Crippen molar-refractivity contribution in [3.63, 3.8) is 0 Å². The van der Waals surface area contributed by atoms with E-state index in [-0.39, 0.29) is 0 Å². The zero-order chi connectivity index (χ0) is 19.1. The third-order valence-electron chi connectivity index (χ3n) is 4.54. The van der Waals surface area contributed by atoms with Gasteiger partial charge in [-0.15, -0.1) is 0 Å². The van der Waals surface area contributed by atoms with Crippen molar-refractivity contribution < 1.29 is 14.0 Å². The molecule has 0 saturated carbocycles. The molecule has 0 amide bonds. The predicted octanol–water partition coefficient (Wildman–Crippen LogP) is 2.83. The number of nitrogens with zero attached hydrogens (tertiary/aromatic N) is 2. The molecule has 0 fully saturated rings. The molecule has 0 aliphatic carbocycles. The largest absolute Gasteiger partial charge is 0.490 e. The lowest BCUT2D eigenvalue weighted by Gasteiger charge is -2.13. The van der Waals surface area contributed by atoms with Crippen molar-refractivity contribution in [3.05, 3.63) is 40.8 Å². The van der Waals surface area contributed by atoms with Crippen LogP contribution in [-0.4, -0.2) is 31.4 Å². The van der Waals surface area contributed by atoms with Crippen molar-refractivity contribution in [3.8, 4) is 11.5 Å². The van der Waals surface area contributed by atoms with Crippen LogP contribution >= 0.6 is 0 Å². The number of nitrogens with one attached hydrogen (secondary N) is 2. The summed E-state index contributed by atoms with van der Waals surface area (Å²) in [6, 6.07) is 6.02. The Morgan fingerprint density at radius 1 is 1.07 bits per heavy atom. The number of benzene rings is 1. The van der Waals surface area contributed by atoms with E-state index in [0.29, 0.717) is 26.3 Å². The molecule has 146 valence electrons. The van der Waals surface area contributed by atoms with Gasteiger partial charge in [-0.3, -0.25) is 4.99 Å². The number of aliphatic imine (C=N–C) groups is 1. The normalized spacial score (nSPS) is 14.0. The van der Waals surface area contributed by atoms with Crippen molar-refractivity contribution in [2.75, 3.05) is 20.3 Å². The van der Waals surface area contributed by atoms with Crippen molar-refractivity contribution in [2.45, 2.75) is 46.2 Å². The zero-order valence-corrected chi connectivity index (χ0v) is 16.3. The summed E-state index contributed by atoms with van der Waals surface area (Å²) in [5.41, 5.74) is 3.23. The van der Waals surface area contributed by atoms with Crippen LogP contribution in [0, 0.1) is 0 Å². The second-order valence-electron chi connectivity index (χ2n) is 6.35. The van der Waals surface area contributed by atoms with Crippen LogP contribution in [-0.2, 0) is 25.9 Å². The molecule has 7 heteroatoms. The van der Waals surface area contributed by atoms with E-state index in [1.165, 1.54) is 0 Å². The van der Waals surface area contributed by atoms with Crippen LogP contribution < -0.4 is 20.1 Å². The number of aryl methyl sites for hydroxylation is 2. The van der Waals surface area contributed by atoms with E-state index >= 15 is 0 Å². The lowest BCUT2D eigenvalue weighted by Crippen LogP contribution is -2.36. The van der Waals surface area contributed by atoms with Gasteiger partial charge in [0, 0.05) is 38.5 Å². The molecule has 27 heavy (non-hydrogen) atoms. The summed E-state index contributed by atoms with van der Waals surface area (Å²) in [5, 5.41) is 10.8. The first kappa shape index (κ1) is 19.1. The van der Waals surface area contributed by atoms with E-state index in [1.807, 2.05) is 18.2 Å². The molecule has 1 aromatic heterocycles. The number of hydrogen-bond acceptors (Lipinski definition) is 5. The van der Waals surface area contributed by atoms with E-state index in [9.17, 15) is 0 Å². The zero-order valence-electron chi connectivity index (χ0n) is 16.3. The van der Waals surface area contributed by atoms with Crippen LogP contribution in [0.4, 0.5) is 0 Å². The van der Waals surface area contributed by atoms with Gasteiger partial charge in [0.2, 0.25) is 0 Å². The second kappa shape index (κ2) is 9.30. The number of fused-ring (bicyclic) bond motifs is 1. The molecule has 2 aromatic rings. The molecule has 3 rings (SSSR count). The van der Waals surface area contributed by atoms with E-state index in [1.54, 1.807) is 7.05 Å². The molecule has 1 aliphatic rings. The topological polar surface area (TPSA) is 80.9 Å². The Balaban J connectivity index is 1.58. The standard InChI is InChI=1S/C20H28N4O3/c1-4-16-15(17(5-2)27-24-16)13-23-20(21-3)22-12-14-7-8-18-19(11-14)26-10-6-9-25-18/h7-8,11H,4-6,9-10,12-13H2,1-3H3,(H2,21,22,23). The highest BCUT2D eigenvalue weighted by Crippen LogP contribution is 2.30. The van der Waals surface area contributed by atoms with Crippen molar-refractivity contribution in [2.24, 2.45) is 4.99 Å². The van der Waals surface area contributed by atoms with Crippen LogP contribution in [0.25, 0.3) is 0 Å². The Morgan fingerprint density at radius 2 is 1.85 bits per heavy atom. The van der Waals surface area contributed by atoms with Crippen LogP contribution in [0.2, 0.25) is 0 Å². The molecule has 0 saturated heterocycles. The second-order valence-corrected chi connectivity index (χ2v) is 6.35. The van der Waals surface area contributed by atoms with Gasteiger partial charge in [-0.1, -0.05) is 25.1 Å². The number of ether oxygens (including phenoxy) is 2. The monoisotopic (exact) mass is 372 g/mol. The van der Waals surface area contributed by atoms with Gasteiger partial charge in [-0.05, 0) is 24.1 Å². The first-order valence-corrected chi connectivity index (χ1v) is 9.54. The first-order chi connectivity index (χ1) is 13.2. The smallest absolute Gasteiger partial charge is 0.191 e. The minimum Gasteiger partial charge on any atom is -0.490 e. The minimum atomic E-state index is 0.636. The van der Waals surface area contributed by atoms with Crippen molar-refractivity contribution in [1.82, 2.24) is 15.8 Å². The van der Waals surface area contributed by atoms with E-state index in [4.69, 9.17) is 14.0 Å². The van der Waals surface area contributed by atoms with Crippen LogP contribution in [0.1, 0.15) is 42.8 Å². The van der Waals surface area contributed by atoms with Crippen LogP contribution in [0.5, 0.6) is 11.5 Å². The Kier molecular flexibility index (Phi) is 6.57. The molecule has 1 aliphatic heterocycles. The SMILES string of the molecule is CCc1noc(CC)c1CNC(=NC)NCc1ccc2c(c1)OCCCO2. The third-order valence-corrected chi connectivity index (χ3v) is 4.54. The molecule has 2 N–H and O–H groups in total. The lowest BCUT2D eigenvalue weighted by molar-refractivity contribution is 0.297. The van der Waals surface area contributed by atoms with Gasteiger partial charge >= 0.3 is 0 Å². The van der Waals surface area contributed by atoms with Crippen molar-refractivity contribution in [1.29, 1.82) is 0 Å². The molecule has 0 bridgehead atoms. The summed E-state index contributed by atoms with van der Waals surface area (Å²) >= 11 is 0. The number of hydrogen-bond donors (Lipinski definition) is 2. The molecule has 1 aromatic carbocycles. The Labute approximate surface area is 160 Å². The quantitative estimate of drug-likeness (QED) is 0.599. The number of aromatic nitrogens is 1. The van der Waals surface area contributed by atoms with Gasteiger partial charge in [-0.25, -0.2) is 0 Å². The number of guanidine groups is 1. The summed E-state index contributed by atoms with van der Waals surface area (Å²) in [6.45, 7) is 6.81. The van der Waals surface area contributed by atoms with Gasteiger partial charge in [0.25, 0.3) is 0 Å². The summed E-state index contributed by atoms with van der Waals surface area (Å²) in [7, 11) is 1.76. The maximum absolute atomic E-state index is 5.75. The van der Waals surface area contributed by atoms with Gasteiger partial charge in [0.1, 0.15) is 5.76 Å². The van der Waals surface area contributed by atoms with Gasteiger partial charge in [0.15, 0.2) is 17.5 Å². The number of rotatable bonds is 6. The van der Waals surface area contributed by atoms with Crippen LogP contribution in [0.3, 0.4) is 0 Å². The molecule has 2 heterocycles. The highest BCUT2D eigenvalue weighted by atomic mass is 16.5. The minimum absolute atomic E-state index is 0.636. The fourth-order valence-corrected chi connectivity index (χ4v) is 3.03. The molecule has 7 nitrogen and oxygen atoms in total. The van der Waals surface area contributed by atoms with Gasteiger partial charge in [0.05, 0.1) is 18.9 Å². The summed E-state index contributed by atoms with van der Waals surface area (Å²) < 4.78 is 16.8. The van der Waals surface area contributed by atoms with E-state index < -0.39 is 0 Å². The maximum Gasteiger partial charge on any atom is 0.191 e. The molecule has 0 unspecified atom stereocenters. The Morgan fingerprint density at radius 3 is 2.59 bits per heavy atom. The highest BCUT2D eigenvalue weighted by Gasteiger charge is 2.14. The molecular formula is C20H28N4O3. The summed E-state index contributed by atoms with van der Waals surface area (Å²) in [6.07, 6.45) is 2.58. The Bertz CT molecular complexity index is 764. The van der Waals surface area contributed by atoms with E-state index in [0.717, 1.165) is 59.3 Å². The lowest BCUT2D eigenvalue weighted by atomic mass is 10.1. The summed E-state index contributed by atoms with van der Waals surface area (Å²) in [5.74, 6) is 3.27. The maximum atomic E-state index is 5.75. The summed E-state index contributed by atoms with van der Waals surface area (Å²) in [4.78, 5) is 4.30. The fourth-order valence-electron chi connectivity index (χ4n) is 3.03. The molecule has 0 spiro atoms. The highest BCUT2D eigenvalue weighted by molar-refractivity contribution is 5.79. The van der Waals surface area contributed by atoms with Crippen LogP contribution in [0.15, 0.2) is 27.7 Å². The molecule has 0 atom stereocenters.